The van der Waals surface area contributed by atoms with Crippen LogP contribution in [0.25, 0.3) is 98.5 Å². The monoisotopic (exact) mass is 662 g/mol. The molecule has 4 nitrogen and oxygen atoms in total. The van der Waals surface area contributed by atoms with Gasteiger partial charge in [-0.1, -0.05) is 139 Å². The summed E-state index contributed by atoms with van der Waals surface area (Å²) in [5, 5.41) is 4.47. The van der Waals surface area contributed by atoms with Crippen LogP contribution in [0.1, 0.15) is 6.85 Å². The minimum absolute atomic E-state index is 0.115. The first-order valence-electron chi connectivity index (χ1n) is 18.7. The number of aromatic nitrogens is 3. The summed E-state index contributed by atoms with van der Waals surface area (Å²) in [7, 11) is 0. The summed E-state index contributed by atoms with van der Waals surface area (Å²) in [6, 6.07) is 42.2. The van der Waals surface area contributed by atoms with E-state index >= 15 is 0 Å². The fourth-order valence-electron chi connectivity index (χ4n) is 6.67. The van der Waals surface area contributed by atoms with Crippen LogP contribution in [0.3, 0.4) is 0 Å². The predicted octanol–water partition coefficient (Wildman–Crippen LogP) is 12.5. The van der Waals surface area contributed by atoms with Crippen LogP contribution in [0.5, 0.6) is 0 Å². The Balaban J connectivity index is 1.12. The molecule has 234 valence electrons. The largest absolute Gasteiger partial charge is 0.455 e. The molecule has 0 amide bonds. The lowest BCUT2D eigenvalue weighted by Gasteiger charge is -2.09. The van der Waals surface area contributed by atoms with Crippen LogP contribution in [-0.4, -0.2) is 15.0 Å². The minimum atomic E-state index is -0.435. The van der Waals surface area contributed by atoms with Crippen LogP contribution in [0.4, 0.5) is 0 Å². The molecule has 0 N–H and O–H groups in total. The summed E-state index contributed by atoms with van der Waals surface area (Å²) < 4.78 is 50.7. The average molecular weight is 663 g/mol. The molecule has 3 aromatic heterocycles. The van der Waals surface area contributed by atoms with E-state index in [1.54, 1.807) is 29.5 Å². The third-order valence-electron chi connectivity index (χ3n) is 9.03. The Morgan fingerprint density at radius 2 is 1.10 bits per heavy atom. The van der Waals surface area contributed by atoms with Gasteiger partial charge < -0.3 is 4.42 Å². The zero-order valence-corrected chi connectivity index (χ0v) is 27.2. The Hall–Kier alpha value is -6.43. The second kappa shape index (κ2) is 11.6. The molecule has 0 atom stereocenters. The van der Waals surface area contributed by atoms with E-state index in [1.165, 1.54) is 20.2 Å². The van der Waals surface area contributed by atoms with E-state index in [-0.39, 0.29) is 29.7 Å². The summed E-state index contributed by atoms with van der Waals surface area (Å²) in [6.45, 7) is 0. The van der Waals surface area contributed by atoms with E-state index in [1.807, 2.05) is 54.6 Å². The summed E-state index contributed by atoms with van der Waals surface area (Å²) >= 11 is 1.79. The maximum Gasteiger partial charge on any atom is 0.164 e. The average Bonchev–Trinajstić information content (AvgIpc) is 3.81. The van der Waals surface area contributed by atoms with E-state index in [2.05, 4.69) is 60.7 Å². The maximum absolute atomic E-state index is 8.55. The molecule has 0 aliphatic rings. The van der Waals surface area contributed by atoms with Gasteiger partial charge in [0, 0.05) is 58.8 Å². The number of hydrogen-bond donors (Lipinski definition) is 0. The lowest BCUT2D eigenvalue weighted by molar-refractivity contribution is 0.670. The lowest BCUT2D eigenvalue weighted by Crippen LogP contribution is -2.00. The van der Waals surface area contributed by atoms with Gasteiger partial charge in [-0.05, 0) is 35.4 Å². The summed E-state index contributed by atoms with van der Waals surface area (Å²) in [5.41, 5.74) is 6.40. The van der Waals surface area contributed by atoms with E-state index in [4.69, 9.17) is 26.2 Å². The molecule has 10 aromatic rings. The van der Waals surface area contributed by atoms with Crippen LogP contribution in [0.15, 0.2) is 168 Å². The number of hydrogen-bond acceptors (Lipinski definition) is 5. The molecule has 50 heavy (non-hydrogen) atoms. The molecule has 0 fully saturated rings. The topological polar surface area (TPSA) is 51.8 Å². The van der Waals surface area contributed by atoms with Crippen LogP contribution in [0.2, 0.25) is 0 Å². The highest BCUT2D eigenvalue weighted by Crippen LogP contribution is 2.43. The van der Waals surface area contributed by atoms with E-state index in [9.17, 15) is 0 Å². The molecule has 0 saturated heterocycles. The van der Waals surface area contributed by atoms with Crippen molar-refractivity contribution >= 4 is 53.4 Å². The summed E-state index contributed by atoms with van der Waals surface area (Å²) in [4.78, 5) is 14.7. The minimum Gasteiger partial charge on any atom is -0.455 e. The van der Waals surface area contributed by atoms with Crippen LogP contribution in [-0.2, 0) is 0 Å². The van der Waals surface area contributed by atoms with Gasteiger partial charge in [-0.15, -0.1) is 11.3 Å². The van der Waals surface area contributed by atoms with E-state index < -0.39 is 6.04 Å². The number of benzene rings is 7. The standard InChI is InChI=1S/C45H27N3OS/c1-3-12-28(13-4-1)30-16-9-17-31(26-30)44-46-43(29-14-5-2-6-15-29)47-45(48-44)32-24-25-33-35-19-10-20-36(41(35)49-39(33)27-32)38-22-11-21-37-34-18-7-8-23-40(34)50-42(37)38/h1-27H/i1D,3D,4D,12D,13D. The van der Waals surface area contributed by atoms with Gasteiger partial charge in [0.25, 0.3) is 0 Å². The van der Waals surface area contributed by atoms with Crippen molar-refractivity contribution in [2.24, 2.45) is 0 Å². The van der Waals surface area contributed by atoms with Crippen molar-refractivity contribution in [1.29, 1.82) is 0 Å². The molecule has 0 radical (unpaired) electrons. The van der Waals surface area contributed by atoms with Gasteiger partial charge in [-0.25, -0.2) is 15.0 Å². The van der Waals surface area contributed by atoms with Crippen LogP contribution < -0.4 is 0 Å². The number of nitrogens with zero attached hydrogens (tertiary/aromatic N) is 3. The number of thiophene rings is 1. The van der Waals surface area contributed by atoms with Crippen molar-refractivity contribution in [3.8, 4) is 56.4 Å². The Morgan fingerprint density at radius 1 is 0.460 bits per heavy atom. The highest BCUT2D eigenvalue weighted by atomic mass is 32.1. The molecule has 0 spiro atoms. The van der Waals surface area contributed by atoms with Gasteiger partial charge in [0.2, 0.25) is 0 Å². The normalized spacial score (nSPS) is 13.0. The molecule has 0 aliphatic carbocycles. The fraction of sp³-hybridized carbons (Fsp3) is 0. The van der Waals surface area contributed by atoms with Gasteiger partial charge in [0.1, 0.15) is 11.2 Å². The molecule has 3 heterocycles. The van der Waals surface area contributed by atoms with Crippen molar-refractivity contribution in [3.05, 3.63) is 164 Å². The van der Waals surface area contributed by atoms with Gasteiger partial charge >= 0.3 is 0 Å². The lowest BCUT2D eigenvalue weighted by atomic mass is 10.00. The first kappa shape index (κ1) is 23.8. The van der Waals surface area contributed by atoms with Crippen LogP contribution >= 0.6 is 11.3 Å². The first-order chi connectivity index (χ1) is 26.8. The molecule has 7 aromatic carbocycles. The van der Waals surface area contributed by atoms with Gasteiger partial charge in [-0.2, -0.15) is 0 Å². The molecule has 0 unspecified atom stereocenters. The zero-order chi connectivity index (χ0) is 37.4. The maximum atomic E-state index is 8.55. The number of furan rings is 1. The molecule has 5 heteroatoms. The highest BCUT2D eigenvalue weighted by molar-refractivity contribution is 7.26. The van der Waals surface area contributed by atoms with Crippen LogP contribution in [0, 0.1) is 0 Å². The van der Waals surface area contributed by atoms with Gasteiger partial charge in [0.15, 0.2) is 17.5 Å². The van der Waals surface area contributed by atoms with Crippen molar-refractivity contribution in [1.82, 2.24) is 15.0 Å². The predicted molar refractivity (Wildman–Crippen MR) is 207 cm³/mol. The number of rotatable bonds is 5. The first-order valence-corrected chi connectivity index (χ1v) is 17.0. The van der Waals surface area contributed by atoms with Crippen molar-refractivity contribution in [2.75, 3.05) is 0 Å². The molecular formula is C45H27N3OS. The Labute approximate surface area is 299 Å². The Bertz CT molecular complexity index is 3150. The quantitative estimate of drug-likeness (QED) is 0.184. The second-order valence-electron chi connectivity index (χ2n) is 12.0. The number of para-hydroxylation sites is 1. The summed E-state index contributed by atoms with van der Waals surface area (Å²) in [5.74, 6) is 1.29. The fourth-order valence-corrected chi connectivity index (χ4v) is 7.90. The third kappa shape index (κ3) is 4.79. The van der Waals surface area contributed by atoms with Gasteiger partial charge in [0.05, 0.1) is 6.85 Å². The molecule has 10 rings (SSSR count). The molecule has 0 saturated carbocycles. The van der Waals surface area contributed by atoms with E-state index in [0.29, 0.717) is 34.2 Å². The van der Waals surface area contributed by atoms with Crippen molar-refractivity contribution in [3.63, 3.8) is 0 Å². The third-order valence-corrected chi connectivity index (χ3v) is 10.2. The van der Waals surface area contributed by atoms with Crippen molar-refractivity contribution < 1.29 is 11.3 Å². The van der Waals surface area contributed by atoms with Gasteiger partial charge in [-0.3, -0.25) is 0 Å². The zero-order valence-electron chi connectivity index (χ0n) is 31.4. The highest BCUT2D eigenvalue weighted by Gasteiger charge is 2.18. The molecular weight excluding hydrogens is 631 g/mol. The number of fused-ring (bicyclic) bond motifs is 6. The smallest absolute Gasteiger partial charge is 0.164 e. The summed E-state index contributed by atoms with van der Waals surface area (Å²) in [6.07, 6.45) is 0. The second-order valence-corrected chi connectivity index (χ2v) is 13.1. The van der Waals surface area contributed by atoms with E-state index in [0.717, 1.165) is 38.6 Å². The van der Waals surface area contributed by atoms with Crippen molar-refractivity contribution in [2.45, 2.75) is 0 Å². The Morgan fingerprint density at radius 3 is 1.94 bits per heavy atom. The Kier molecular flexibility index (Phi) is 5.54. The molecule has 0 bridgehead atoms. The SMILES string of the molecule is [2H]c1c([2H])c([2H])c(-c2cccc(-c3nc(-c4ccccc4)nc(-c4ccc5c(c4)oc4c(-c6cccc7c6sc6ccccc67)cccc45)n3)c2)c([2H])c1[2H]. The molecule has 0 aliphatic heterocycles.